The molecule has 0 aliphatic carbocycles. The molecule has 7 nitrogen and oxygen atoms in total. The molecular formula is C23H28N4O3. The average molecular weight is 409 g/mol. The molecule has 2 amide bonds. The van der Waals surface area contributed by atoms with Crippen LogP contribution in [0.3, 0.4) is 0 Å². The van der Waals surface area contributed by atoms with Crippen molar-refractivity contribution in [3.63, 3.8) is 0 Å². The maximum Gasteiger partial charge on any atom is 0.253 e. The first-order valence-corrected chi connectivity index (χ1v) is 10.3. The largest absolute Gasteiger partial charge is 0.497 e. The lowest BCUT2D eigenvalue weighted by Gasteiger charge is -2.40. The van der Waals surface area contributed by atoms with Gasteiger partial charge < -0.3 is 19.9 Å². The molecule has 0 aromatic heterocycles. The van der Waals surface area contributed by atoms with Crippen molar-refractivity contribution in [2.75, 3.05) is 26.7 Å². The number of hydrogen-bond donors (Lipinski definition) is 1. The zero-order valence-electron chi connectivity index (χ0n) is 17.6. The molecule has 0 bridgehead atoms. The fraction of sp³-hybridized carbons (Fsp3) is 0.522. The number of ether oxygens (including phenoxy) is 1. The summed E-state index contributed by atoms with van der Waals surface area (Å²) >= 11 is 0. The number of benzene rings is 1. The molecule has 7 heteroatoms. The molecular weight excluding hydrogens is 380 g/mol. The van der Waals surface area contributed by atoms with Crippen LogP contribution in [0.15, 0.2) is 24.3 Å². The van der Waals surface area contributed by atoms with Gasteiger partial charge in [-0.25, -0.2) is 0 Å². The summed E-state index contributed by atoms with van der Waals surface area (Å²) in [4.78, 5) is 28.8. The minimum absolute atomic E-state index is 0.00145. The number of carbonyl (C=O) groups is 2. The van der Waals surface area contributed by atoms with Crippen molar-refractivity contribution in [3.8, 4) is 24.2 Å². The molecule has 0 saturated carbocycles. The minimum Gasteiger partial charge on any atom is -0.497 e. The molecule has 2 atom stereocenters. The Bertz CT molecular complexity index is 838. The Labute approximate surface area is 178 Å². The fourth-order valence-corrected chi connectivity index (χ4v) is 4.13. The van der Waals surface area contributed by atoms with Gasteiger partial charge >= 0.3 is 0 Å². The fourth-order valence-electron chi connectivity index (χ4n) is 4.13. The van der Waals surface area contributed by atoms with Gasteiger partial charge in [-0.15, -0.1) is 6.42 Å². The molecule has 30 heavy (non-hydrogen) atoms. The minimum atomic E-state index is -0.447. The van der Waals surface area contributed by atoms with E-state index in [1.165, 1.54) is 0 Å². The average Bonchev–Trinajstić information content (AvgIpc) is 3.21. The van der Waals surface area contributed by atoms with Crippen LogP contribution in [-0.2, 0) is 4.79 Å². The first kappa shape index (κ1) is 21.7. The number of nitrogens with zero attached hydrogens (tertiary/aromatic N) is 3. The first-order valence-electron chi connectivity index (χ1n) is 10.3. The quantitative estimate of drug-likeness (QED) is 0.751. The highest BCUT2D eigenvalue weighted by molar-refractivity contribution is 5.94. The van der Waals surface area contributed by atoms with Crippen LogP contribution >= 0.6 is 0 Å². The van der Waals surface area contributed by atoms with Gasteiger partial charge in [-0.2, -0.15) is 5.26 Å². The zero-order chi connectivity index (χ0) is 21.7. The third kappa shape index (κ3) is 4.58. The van der Waals surface area contributed by atoms with Gasteiger partial charge in [0.1, 0.15) is 11.8 Å². The SMILES string of the molecule is C#C[C@@H]1CCC(C#N)N1C(=O)CNC1(C)CCN(C(=O)c2ccc(OC)cc2)CC1. The van der Waals surface area contributed by atoms with Crippen molar-refractivity contribution < 1.29 is 14.3 Å². The van der Waals surface area contributed by atoms with Crippen LogP contribution in [0.2, 0.25) is 0 Å². The Kier molecular flexibility index (Phi) is 6.64. The predicted octanol–water partition coefficient (Wildman–Crippen LogP) is 1.80. The van der Waals surface area contributed by atoms with E-state index in [4.69, 9.17) is 11.2 Å². The van der Waals surface area contributed by atoms with Gasteiger partial charge in [-0.05, 0) is 56.9 Å². The number of nitrogens with one attached hydrogen (secondary N) is 1. The Morgan fingerprint density at radius 2 is 1.87 bits per heavy atom. The highest BCUT2D eigenvalue weighted by Crippen LogP contribution is 2.26. The lowest BCUT2D eigenvalue weighted by Crippen LogP contribution is -2.55. The summed E-state index contributed by atoms with van der Waals surface area (Å²) in [5.41, 5.74) is 0.388. The summed E-state index contributed by atoms with van der Waals surface area (Å²) in [7, 11) is 1.59. The zero-order valence-corrected chi connectivity index (χ0v) is 17.6. The summed E-state index contributed by atoms with van der Waals surface area (Å²) in [5.74, 6) is 3.20. The number of nitriles is 1. The van der Waals surface area contributed by atoms with Crippen LogP contribution in [0.5, 0.6) is 5.75 Å². The van der Waals surface area contributed by atoms with Crippen molar-refractivity contribution in [1.82, 2.24) is 15.1 Å². The van der Waals surface area contributed by atoms with E-state index < -0.39 is 6.04 Å². The maximum absolute atomic E-state index is 12.7. The van der Waals surface area contributed by atoms with Crippen LogP contribution in [0.25, 0.3) is 0 Å². The van der Waals surface area contributed by atoms with Crippen LogP contribution < -0.4 is 10.1 Å². The molecule has 1 N–H and O–H groups in total. The Hall–Kier alpha value is -3.03. The number of carbonyl (C=O) groups excluding carboxylic acids is 2. The maximum atomic E-state index is 12.7. The smallest absolute Gasteiger partial charge is 0.253 e. The predicted molar refractivity (Wildman–Crippen MR) is 113 cm³/mol. The molecule has 0 spiro atoms. The summed E-state index contributed by atoms with van der Waals surface area (Å²) in [6, 6.07) is 8.54. The van der Waals surface area contributed by atoms with Gasteiger partial charge in [0.05, 0.1) is 25.8 Å². The highest BCUT2D eigenvalue weighted by atomic mass is 16.5. The van der Waals surface area contributed by atoms with Crippen LogP contribution in [0.1, 0.15) is 43.0 Å². The highest BCUT2D eigenvalue weighted by Gasteiger charge is 2.37. The normalized spacial score (nSPS) is 22.8. The standard InChI is InChI=1S/C23H28N4O3/c1-4-18-7-8-19(15-24)27(18)21(28)16-25-23(2)11-13-26(14-12-23)22(29)17-5-9-20(30-3)10-6-17/h1,5-6,9-10,18-19,25H,7-8,11-14,16H2,2-3H3/t18-,19?/m1/s1. The van der Waals surface area contributed by atoms with E-state index in [-0.39, 0.29) is 29.9 Å². The van der Waals surface area contributed by atoms with Crippen LogP contribution in [-0.4, -0.2) is 66.0 Å². The van der Waals surface area contributed by atoms with Crippen LogP contribution in [0.4, 0.5) is 0 Å². The van der Waals surface area contributed by atoms with Gasteiger partial charge in [0.15, 0.2) is 0 Å². The lowest BCUT2D eigenvalue weighted by atomic mass is 9.89. The van der Waals surface area contributed by atoms with Gasteiger partial charge in [0.25, 0.3) is 5.91 Å². The Morgan fingerprint density at radius 1 is 1.23 bits per heavy atom. The molecule has 0 radical (unpaired) electrons. The van der Waals surface area contributed by atoms with E-state index in [1.54, 1.807) is 36.3 Å². The van der Waals surface area contributed by atoms with E-state index in [1.807, 2.05) is 4.90 Å². The number of amides is 2. The first-order chi connectivity index (χ1) is 14.4. The van der Waals surface area contributed by atoms with E-state index >= 15 is 0 Å². The topological polar surface area (TPSA) is 85.7 Å². The molecule has 158 valence electrons. The third-order valence-corrected chi connectivity index (χ3v) is 6.17. The van der Waals surface area contributed by atoms with Crippen molar-refractivity contribution in [3.05, 3.63) is 29.8 Å². The van der Waals surface area contributed by atoms with Gasteiger partial charge in [-0.3, -0.25) is 9.59 Å². The summed E-state index contributed by atoms with van der Waals surface area (Å²) in [5, 5.41) is 12.6. The molecule has 2 aliphatic heterocycles. The van der Waals surface area contributed by atoms with Gasteiger partial charge in [0, 0.05) is 24.2 Å². The Balaban J connectivity index is 1.53. The van der Waals surface area contributed by atoms with E-state index in [0.29, 0.717) is 31.5 Å². The second kappa shape index (κ2) is 9.19. The summed E-state index contributed by atoms with van der Waals surface area (Å²) in [6.07, 6.45) is 8.30. The Morgan fingerprint density at radius 3 is 2.43 bits per heavy atom. The molecule has 1 unspecified atom stereocenters. The molecule has 2 saturated heterocycles. The number of likely N-dealkylation sites (tertiary alicyclic amines) is 2. The molecule has 1 aromatic rings. The molecule has 3 rings (SSSR count). The number of piperidine rings is 1. The molecule has 2 fully saturated rings. The molecule has 2 aliphatic rings. The molecule has 2 heterocycles. The lowest BCUT2D eigenvalue weighted by molar-refractivity contribution is -0.131. The molecule has 1 aromatic carbocycles. The van der Waals surface area contributed by atoms with Crippen molar-refractivity contribution in [2.45, 2.75) is 50.2 Å². The van der Waals surface area contributed by atoms with E-state index in [0.717, 1.165) is 18.6 Å². The number of rotatable bonds is 5. The van der Waals surface area contributed by atoms with Crippen LogP contribution in [0, 0.1) is 23.7 Å². The van der Waals surface area contributed by atoms with E-state index in [2.05, 4.69) is 24.2 Å². The van der Waals surface area contributed by atoms with Crippen molar-refractivity contribution >= 4 is 11.8 Å². The second-order valence-electron chi connectivity index (χ2n) is 8.14. The van der Waals surface area contributed by atoms with Crippen molar-refractivity contribution in [2.24, 2.45) is 0 Å². The van der Waals surface area contributed by atoms with Gasteiger partial charge in [0.2, 0.25) is 5.91 Å². The number of terminal acetylenes is 1. The summed E-state index contributed by atoms with van der Waals surface area (Å²) in [6.45, 7) is 3.43. The van der Waals surface area contributed by atoms with E-state index in [9.17, 15) is 14.9 Å². The van der Waals surface area contributed by atoms with Gasteiger partial charge in [-0.1, -0.05) is 5.92 Å². The monoisotopic (exact) mass is 408 g/mol. The third-order valence-electron chi connectivity index (χ3n) is 6.17. The second-order valence-corrected chi connectivity index (χ2v) is 8.14. The summed E-state index contributed by atoms with van der Waals surface area (Å²) < 4.78 is 5.14. The number of hydrogen-bond acceptors (Lipinski definition) is 5. The number of methoxy groups -OCH3 is 1. The van der Waals surface area contributed by atoms with Crippen molar-refractivity contribution in [1.29, 1.82) is 5.26 Å².